The Kier molecular flexibility index (Phi) is 6.08. The Hall–Kier alpha value is -3.63. The molecule has 5 rings (SSSR count). The van der Waals surface area contributed by atoms with Gasteiger partial charge in [-0.25, -0.2) is 14.4 Å². The van der Waals surface area contributed by atoms with E-state index in [0.717, 1.165) is 50.3 Å². The van der Waals surface area contributed by atoms with Crippen LogP contribution in [0.1, 0.15) is 11.3 Å². The van der Waals surface area contributed by atoms with Crippen LogP contribution in [0.15, 0.2) is 42.9 Å². The standard InChI is InChI=1S/C24H25F2N7O/c1-15-11-17-18(30-15)4-5-19(21(17)25)34-24-22(26)23(28-14-29-24)31-20-6-3-16(12-27-20)13-33-9-7-32(2)8-10-33/h3-6,11-12,14,30H,7-10,13H2,1-2H3,(H,27,28,29,31). The molecule has 0 atom stereocenters. The van der Waals surface area contributed by atoms with E-state index in [4.69, 9.17) is 4.74 Å². The molecule has 4 heterocycles. The summed E-state index contributed by atoms with van der Waals surface area (Å²) in [4.78, 5) is 19.9. The number of ether oxygens (including phenoxy) is 1. The molecule has 0 aliphatic carbocycles. The Morgan fingerprint density at radius 1 is 1.03 bits per heavy atom. The van der Waals surface area contributed by atoms with Crippen LogP contribution < -0.4 is 10.1 Å². The average Bonchev–Trinajstić information content (AvgIpc) is 3.22. The third kappa shape index (κ3) is 4.68. The van der Waals surface area contributed by atoms with Crippen LogP contribution in [0.4, 0.5) is 20.4 Å². The van der Waals surface area contributed by atoms with Crippen molar-refractivity contribution in [3.8, 4) is 11.6 Å². The first-order valence-electron chi connectivity index (χ1n) is 11.1. The van der Waals surface area contributed by atoms with Crippen LogP contribution in [0.25, 0.3) is 10.9 Å². The number of anilines is 2. The molecule has 10 heteroatoms. The number of H-pyrrole nitrogens is 1. The minimum absolute atomic E-state index is 0.108. The van der Waals surface area contributed by atoms with Gasteiger partial charge in [-0.15, -0.1) is 0 Å². The maximum atomic E-state index is 15.0. The van der Waals surface area contributed by atoms with E-state index in [2.05, 4.69) is 42.1 Å². The van der Waals surface area contributed by atoms with Gasteiger partial charge in [0.05, 0.1) is 0 Å². The number of nitrogens with one attached hydrogen (secondary N) is 2. The Morgan fingerprint density at radius 3 is 2.62 bits per heavy atom. The monoisotopic (exact) mass is 465 g/mol. The van der Waals surface area contributed by atoms with Crippen molar-refractivity contribution in [2.24, 2.45) is 0 Å². The number of rotatable bonds is 6. The molecule has 0 amide bonds. The predicted molar refractivity (Wildman–Crippen MR) is 125 cm³/mol. The molecule has 0 unspecified atom stereocenters. The number of aromatic nitrogens is 4. The predicted octanol–water partition coefficient (Wildman–Crippen LogP) is 4.22. The smallest absolute Gasteiger partial charge is 0.261 e. The minimum Gasteiger partial charge on any atom is -0.433 e. The topological polar surface area (TPSA) is 82.2 Å². The molecule has 1 aromatic carbocycles. The molecule has 1 fully saturated rings. The van der Waals surface area contributed by atoms with Gasteiger partial charge >= 0.3 is 0 Å². The summed E-state index contributed by atoms with van der Waals surface area (Å²) in [5.74, 6) is -1.61. The highest BCUT2D eigenvalue weighted by molar-refractivity contribution is 5.82. The van der Waals surface area contributed by atoms with Gasteiger partial charge in [-0.05, 0) is 43.8 Å². The highest BCUT2D eigenvalue weighted by atomic mass is 19.1. The molecule has 176 valence electrons. The zero-order chi connectivity index (χ0) is 23.7. The van der Waals surface area contributed by atoms with E-state index < -0.39 is 11.6 Å². The van der Waals surface area contributed by atoms with Gasteiger partial charge in [-0.3, -0.25) is 4.90 Å². The van der Waals surface area contributed by atoms with E-state index >= 15 is 4.39 Å². The molecule has 8 nitrogen and oxygen atoms in total. The van der Waals surface area contributed by atoms with Gasteiger partial charge in [0, 0.05) is 55.5 Å². The summed E-state index contributed by atoms with van der Waals surface area (Å²) in [6.07, 6.45) is 2.92. The number of aryl methyl sites for hydroxylation is 1. The summed E-state index contributed by atoms with van der Waals surface area (Å²) in [5, 5.41) is 3.21. The van der Waals surface area contributed by atoms with Gasteiger partial charge in [0.15, 0.2) is 17.4 Å². The molecule has 0 radical (unpaired) electrons. The van der Waals surface area contributed by atoms with Crippen molar-refractivity contribution < 1.29 is 13.5 Å². The summed E-state index contributed by atoms with van der Waals surface area (Å²) in [6.45, 7) is 6.78. The van der Waals surface area contributed by atoms with Gasteiger partial charge in [0.1, 0.15) is 12.1 Å². The van der Waals surface area contributed by atoms with Crippen molar-refractivity contribution in [1.82, 2.24) is 29.7 Å². The number of hydrogen-bond donors (Lipinski definition) is 2. The summed E-state index contributed by atoms with van der Waals surface area (Å²) < 4.78 is 35.3. The van der Waals surface area contributed by atoms with Crippen LogP contribution in [-0.4, -0.2) is 63.0 Å². The van der Waals surface area contributed by atoms with E-state index in [0.29, 0.717) is 16.7 Å². The van der Waals surface area contributed by atoms with E-state index in [9.17, 15) is 4.39 Å². The summed E-state index contributed by atoms with van der Waals surface area (Å²) in [7, 11) is 2.12. The van der Waals surface area contributed by atoms with Crippen molar-refractivity contribution in [2.45, 2.75) is 13.5 Å². The van der Waals surface area contributed by atoms with E-state index in [1.807, 2.05) is 13.0 Å². The molecule has 4 aromatic rings. The van der Waals surface area contributed by atoms with E-state index in [1.54, 1.807) is 24.4 Å². The van der Waals surface area contributed by atoms with Crippen LogP contribution in [0, 0.1) is 18.6 Å². The third-order valence-electron chi connectivity index (χ3n) is 5.87. The van der Waals surface area contributed by atoms with Crippen LogP contribution in [0.5, 0.6) is 11.6 Å². The quantitative estimate of drug-likeness (QED) is 0.441. The van der Waals surface area contributed by atoms with Gasteiger partial charge in [0.25, 0.3) is 5.88 Å². The maximum Gasteiger partial charge on any atom is 0.261 e. The number of halogens is 2. The highest BCUT2D eigenvalue weighted by Gasteiger charge is 2.18. The second-order valence-electron chi connectivity index (χ2n) is 8.49. The van der Waals surface area contributed by atoms with Crippen molar-refractivity contribution in [2.75, 3.05) is 38.5 Å². The normalized spacial score (nSPS) is 15.1. The third-order valence-corrected chi connectivity index (χ3v) is 5.87. The summed E-state index contributed by atoms with van der Waals surface area (Å²) in [5.41, 5.74) is 2.52. The van der Waals surface area contributed by atoms with Crippen LogP contribution in [0.3, 0.4) is 0 Å². The van der Waals surface area contributed by atoms with Gasteiger partial charge in [-0.1, -0.05) is 6.07 Å². The molecular weight excluding hydrogens is 440 g/mol. The van der Waals surface area contributed by atoms with Gasteiger partial charge < -0.3 is 19.9 Å². The maximum absolute atomic E-state index is 15.0. The largest absolute Gasteiger partial charge is 0.433 e. The number of piperazine rings is 1. The number of fused-ring (bicyclic) bond motifs is 1. The molecule has 2 N–H and O–H groups in total. The Morgan fingerprint density at radius 2 is 1.85 bits per heavy atom. The zero-order valence-electron chi connectivity index (χ0n) is 19.0. The zero-order valence-corrected chi connectivity index (χ0v) is 19.0. The Labute approximate surface area is 195 Å². The molecule has 34 heavy (non-hydrogen) atoms. The summed E-state index contributed by atoms with van der Waals surface area (Å²) in [6, 6.07) is 8.50. The van der Waals surface area contributed by atoms with Crippen molar-refractivity contribution in [1.29, 1.82) is 0 Å². The number of benzene rings is 1. The first-order chi connectivity index (χ1) is 16.5. The molecule has 0 spiro atoms. The Balaban J connectivity index is 1.29. The molecule has 3 aromatic heterocycles. The summed E-state index contributed by atoms with van der Waals surface area (Å²) >= 11 is 0. The number of hydrogen-bond acceptors (Lipinski definition) is 7. The lowest BCUT2D eigenvalue weighted by molar-refractivity contribution is 0.148. The lowest BCUT2D eigenvalue weighted by atomic mass is 10.2. The van der Waals surface area contributed by atoms with Crippen molar-refractivity contribution in [3.63, 3.8) is 0 Å². The fraction of sp³-hybridized carbons (Fsp3) is 0.292. The fourth-order valence-corrected chi connectivity index (χ4v) is 3.96. The lowest BCUT2D eigenvalue weighted by Gasteiger charge is -2.32. The first kappa shape index (κ1) is 22.2. The minimum atomic E-state index is -0.837. The van der Waals surface area contributed by atoms with Gasteiger partial charge in [0.2, 0.25) is 5.82 Å². The molecule has 0 saturated carbocycles. The number of likely N-dealkylation sites (N-methyl/N-ethyl adjacent to an activating group) is 1. The van der Waals surface area contributed by atoms with Crippen LogP contribution in [0.2, 0.25) is 0 Å². The van der Waals surface area contributed by atoms with Gasteiger partial charge in [-0.2, -0.15) is 9.37 Å². The van der Waals surface area contributed by atoms with E-state index in [1.165, 1.54) is 6.07 Å². The fourth-order valence-electron chi connectivity index (χ4n) is 3.96. The molecule has 1 aliphatic heterocycles. The van der Waals surface area contributed by atoms with Crippen molar-refractivity contribution >= 4 is 22.5 Å². The molecule has 0 bridgehead atoms. The Bertz CT molecular complexity index is 1300. The van der Waals surface area contributed by atoms with E-state index in [-0.39, 0.29) is 17.4 Å². The number of nitrogens with zero attached hydrogens (tertiary/aromatic N) is 5. The van der Waals surface area contributed by atoms with Crippen molar-refractivity contribution in [3.05, 3.63) is 65.7 Å². The average molecular weight is 466 g/mol. The number of pyridine rings is 1. The first-order valence-corrected chi connectivity index (χ1v) is 11.1. The second-order valence-corrected chi connectivity index (χ2v) is 8.49. The second kappa shape index (κ2) is 9.32. The molecule has 1 saturated heterocycles. The highest BCUT2D eigenvalue weighted by Crippen LogP contribution is 2.32. The molecule has 1 aliphatic rings. The van der Waals surface area contributed by atoms with Crippen LogP contribution in [-0.2, 0) is 6.54 Å². The molecular formula is C24H25F2N7O. The SMILES string of the molecule is Cc1cc2c(F)c(Oc3ncnc(Nc4ccc(CN5CCN(C)CC5)cn4)c3F)ccc2[nH]1. The van der Waals surface area contributed by atoms with Crippen LogP contribution >= 0.6 is 0 Å². The lowest BCUT2D eigenvalue weighted by Crippen LogP contribution is -2.43. The number of aromatic amines is 1.